The minimum absolute atomic E-state index is 0.236. The van der Waals surface area contributed by atoms with Crippen molar-refractivity contribution in [3.63, 3.8) is 0 Å². The van der Waals surface area contributed by atoms with Gasteiger partial charge in [0.05, 0.1) is 6.54 Å². The highest BCUT2D eigenvalue weighted by molar-refractivity contribution is 7.80. The van der Waals surface area contributed by atoms with E-state index in [4.69, 9.17) is 21.7 Å². The third kappa shape index (κ3) is 5.67. The summed E-state index contributed by atoms with van der Waals surface area (Å²) < 4.78 is 10.8. The van der Waals surface area contributed by atoms with Gasteiger partial charge in [-0.15, -0.1) is 0 Å². The number of aryl methyl sites for hydroxylation is 2. The first-order valence-corrected chi connectivity index (χ1v) is 10.1. The van der Waals surface area contributed by atoms with Gasteiger partial charge in [0.25, 0.3) is 0 Å². The SMILES string of the molecule is Cc1cc(C)nc(NC(=NCc2ccc3c(c2)OCO3)NC(=S)Nc2ccccc2)n1. The number of para-hydroxylation sites is 1. The molecule has 8 nitrogen and oxygen atoms in total. The van der Waals surface area contributed by atoms with Crippen molar-refractivity contribution in [1.82, 2.24) is 15.3 Å². The number of hydrogen-bond donors (Lipinski definition) is 3. The molecule has 9 heteroatoms. The molecule has 0 atom stereocenters. The van der Waals surface area contributed by atoms with E-state index >= 15 is 0 Å². The Balaban J connectivity index is 1.52. The van der Waals surface area contributed by atoms with E-state index < -0.39 is 0 Å². The number of aliphatic imine (C=N–C) groups is 1. The highest BCUT2D eigenvalue weighted by Crippen LogP contribution is 2.32. The van der Waals surface area contributed by atoms with Gasteiger partial charge in [-0.2, -0.15) is 0 Å². The van der Waals surface area contributed by atoms with Crippen LogP contribution in [0.1, 0.15) is 17.0 Å². The van der Waals surface area contributed by atoms with Crippen LogP contribution in [0, 0.1) is 13.8 Å². The molecule has 0 radical (unpaired) electrons. The van der Waals surface area contributed by atoms with E-state index in [2.05, 4.69) is 30.9 Å². The summed E-state index contributed by atoms with van der Waals surface area (Å²) in [5.74, 6) is 2.32. The van der Waals surface area contributed by atoms with Gasteiger partial charge in [-0.3, -0.25) is 5.32 Å². The van der Waals surface area contributed by atoms with Gasteiger partial charge in [0.15, 0.2) is 16.6 Å². The molecule has 0 saturated carbocycles. The lowest BCUT2D eigenvalue weighted by atomic mass is 10.2. The van der Waals surface area contributed by atoms with Gasteiger partial charge < -0.3 is 20.1 Å². The minimum Gasteiger partial charge on any atom is -0.454 e. The van der Waals surface area contributed by atoms with E-state index in [9.17, 15) is 0 Å². The molecule has 4 rings (SSSR count). The van der Waals surface area contributed by atoms with Crippen molar-refractivity contribution >= 4 is 34.9 Å². The van der Waals surface area contributed by atoms with Crippen molar-refractivity contribution in [3.8, 4) is 11.5 Å². The molecule has 3 aromatic rings. The van der Waals surface area contributed by atoms with Crippen LogP contribution in [0.3, 0.4) is 0 Å². The number of rotatable bonds is 4. The molecule has 0 saturated heterocycles. The Bertz CT molecular complexity index is 1100. The molecule has 2 heterocycles. The fraction of sp³-hybridized carbons (Fsp3) is 0.182. The average Bonchev–Trinajstić information content (AvgIpc) is 3.20. The van der Waals surface area contributed by atoms with Crippen LogP contribution in [-0.2, 0) is 6.54 Å². The summed E-state index contributed by atoms with van der Waals surface area (Å²) in [6, 6.07) is 17.3. The van der Waals surface area contributed by atoms with Crippen LogP contribution < -0.4 is 25.4 Å². The van der Waals surface area contributed by atoms with E-state index in [1.54, 1.807) is 0 Å². The molecule has 0 fully saturated rings. The first kappa shape index (κ1) is 20.5. The first-order chi connectivity index (χ1) is 15.0. The van der Waals surface area contributed by atoms with Crippen molar-refractivity contribution in [3.05, 3.63) is 71.5 Å². The number of guanidine groups is 1. The highest BCUT2D eigenvalue weighted by Gasteiger charge is 2.13. The van der Waals surface area contributed by atoms with Crippen molar-refractivity contribution in [2.45, 2.75) is 20.4 Å². The largest absolute Gasteiger partial charge is 0.454 e. The summed E-state index contributed by atoms with van der Waals surface area (Å²) in [6.07, 6.45) is 0. The van der Waals surface area contributed by atoms with Crippen molar-refractivity contribution < 1.29 is 9.47 Å². The monoisotopic (exact) mass is 434 g/mol. The molecule has 0 amide bonds. The van der Waals surface area contributed by atoms with E-state index in [-0.39, 0.29) is 6.79 Å². The predicted octanol–water partition coefficient (Wildman–Crippen LogP) is 3.78. The summed E-state index contributed by atoms with van der Waals surface area (Å²) in [5, 5.41) is 9.76. The summed E-state index contributed by atoms with van der Waals surface area (Å²) in [4.78, 5) is 13.5. The van der Waals surface area contributed by atoms with Gasteiger partial charge in [-0.05, 0) is 62.0 Å². The molecular weight excluding hydrogens is 412 g/mol. The zero-order valence-electron chi connectivity index (χ0n) is 17.2. The van der Waals surface area contributed by atoms with Crippen LogP contribution in [-0.4, -0.2) is 27.8 Å². The van der Waals surface area contributed by atoms with E-state index in [0.717, 1.165) is 28.4 Å². The molecule has 1 aliphatic rings. The zero-order chi connectivity index (χ0) is 21.6. The van der Waals surface area contributed by atoms with Crippen molar-refractivity contribution in [2.24, 2.45) is 4.99 Å². The molecule has 1 aliphatic heterocycles. The number of benzene rings is 2. The quantitative estimate of drug-likeness (QED) is 0.325. The number of hydrogen-bond acceptors (Lipinski definition) is 6. The third-order valence-electron chi connectivity index (χ3n) is 4.33. The Morgan fingerprint density at radius 1 is 0.968 bits per heavy atom. The highest BCUT2D eigenvalue weighted by atomic mass is 32.1. The standard InChI is InChI=1S/C22H22N6O2S/c1-14-10-15(2)25-21(24-14)27-20(28-22(31)26-17-6-4-3-5-7-17)23-12-16-8-9-18-19(11-16)30-13-29-18/h3-11H,12-13H2,1-2H3,(H3,23,24,25,26,27,28,31). The molecule has 1 aromatic heterocycles. The predicted molar refractivity (Wildman–Crippen MR) is 125 cm³/mol. The van der Waals surface area contributed by atoms with E-state index in [1.165, 1.54) is 0 Å². The third-order valence-corrected chi connectivity index (χ3v) is 4.54. The number of nitrogens with zero attached hydrogens (tertiary/aromatic N) is 3. The van der Waals surface area contributed by atoms with Crippen LogP contribution >= 0.6 is 12.2 Å². The zero-order valence-corrected chi connectivity index (χ0v) is 18.0. The molecule has 31 heavy (non-hydrogen) atoms. The van der Waals surface area contributed by atoms with Gasteiger partial charge in [-0.1, -0.05) is 24.3 Å². The Hall–Kier alpha value is -3.72. The van der Waals surface area contributed by atoms with Crippen molar-refractivity contribution in [1.29, 1.82) is 0 Å². The molecule has 0 unspecified atom stereocenters. The maximum absolute atomic E-state index is 5.46. The summed E-state index contributed by atoms with van der Waals surface area (Å²) in [5.41, 5.74) is 3.55. The van der Waals surface area contributed by atoms with Gasteiger partial charge >= 0.3 is 0 Å². The summed E-state index contributed by atoms with van der Waals surface area (Å²) in [6.45, 7) is 4.46. The number of thiocarbonyl (C=S) groups is 1. The van der Waals surface area contributed by atoms with Crippen LogP contribution in [0.25, 0.3) is 0 Å². The Labute approximate surface area is 185 Å². The fourth-order valence-corrected chi connectivity index (χ4v) is 3.21. The van der Waals surface area contributed by atoms with Gasteiger partial charge in [0.1, 0.15) is 0 Å². The van der Waals surface area contributed by atoms with Crippen LogP contribution in [0.2, 0.25) is 0 Å². The van der Waals surface area contributed by atoms with Gasteiger partial charge in [0.2, 0.25) is 18.7 Å². The molecule has 2 aromatic carbocycles. The number of aromatic nitrogens is 2. The normalized spacial score (nSPS) is 12.4. The lowest BCUT2D eigenvalue weighted by Gasteiger charge is -2.14. The Morgan fingerprint density at radius 2 is 1.71 bits per heavy atom. The second-order valence-electron chi connectivity index (χ2n) is 6.90. The maximum atomic E-state index is 5.46. The number of nitrogens with one attached hydrogen (secondary N) is 3. The molecule has 3 N–H and O–H groups in total. The fourth-order valence-electron chi connectivity index (χ4n) is 3.00. The minimum atomic E-state index is 0.236. The summed E-state index contributed by atoms with van der Waals surface area (Å²) in [7, 11) is 0. The van der Waals surface area contributed by atoms with Gasteiger partial charge in [0, 0.05) is 17.1 Å². The van der Waals surface area contributed by atoms with E-state index in [1.807, 2.05) is 68.4 Å². The van der Waals surface area contributed by atoms with E-state index in [0.29, 0.717) is 29.3 Å². The Kier molecular flexibility index (Phi) is 6.23. The number of fused-ring (bicyclic) bond motifs is 1. The number of anilines is 2. The van der Waals surface area contributed by atoms with Crippen LogP contribution in [0.5, 0.6) is 11.5 Å². The second kappa shape index (κ2) is 9.40. The summed E-state index contributed by atoms with van der Waals surface area (Å²) >= 11 is 5.46. The van der Waals surface area contributed by atoms with Crippen LogP contribution in [0.15, 0.2) is 59.6 Å². The molecular formula is C22H22N6O2S. The molecule has 0 aliphatic carbocycles. The lowest BCUT2D eigenvalue weighted by Crippen LogP contribution is -2.39. The number of ether oxygens (including phenoxy) is 2. The Morgan fingerprint density at radius 3 is 2.48 bits per heavy atom. The molecule has 0 bridgehead atoms. The molecule has 158 valence electrons. The lowest BCUT2D eigenvalue weighted by molar-refractivity contribution is 0.174. The van der Waals surface area contributed by atoms with Crippen LogP contribution in [0.4, 0.5) is 11.6 Å². The molecule has 0 spiro atoms. The second-order valence-corrected chi connectivity index (χ2v) is 7.31. The van der Waals surface area contributed by atoms with Gasteiger partial charge in [-0.25, -0.2) is 15.0 Å². The van der Waals surface area contributed by atoms with Crippen molar-refractivity contribution in [2.75, 3.05) is 17.4 Å². The first-order valence-electron chi connectivity index (χ1n) is 9.70. The maximum Gasteiger partial charge on any atom is 0.231 e. The topological polar surface area (TPSA) is 92.7 Å². The smallest absolute Gasteiger partial charge is 0.231 e. The average molecular weight is 435 g/mol.